The Kier molecular flexibility index (Phi) is 14.6. The van der Waals surface area contributed by atoms with Crippen molar-refractivity contribution >= 4 is 34.3 Å². The fourth-order valence-electron chi connectivity index (χ4n) is 6.59. The van der Waals surface area contributed by atoms with Gasteiger partial charge in [0.15, 0.2) is 0 Å². The molecule has 0 spiro atoms. The Balaban J connectivity index is 0.000000210. The maximum absolute atomic E-state index is 6.02. The summed E-state index contributed by atoms with van der Waals surface area (Å²) in [6.45, 7) is 14.7. The molecule has 14 heteroatoms. The number of nitrogens with zero attached hydrogens (tertiary/aromatic N) is 9. The largest absolute Gasteiger partial charge is 0.477 e. The number of aryl methyl sites for hydroxylation is 6. The molecule has 0 aromatic carbocycles. The molecule has 0 amide bonds. The average molecular weight is 809 g/mol. The third-order valence-corrected chi connectivity index (χ3v) is 11.8. The molecule has 302 valence electrons. The van der Waals surface area contributed by atoms with Crippen LogP contribution in [0.4, 0.5) is 11.6 Å². The molecule has 6 aromatic rings. The fourth-order valence-corrected chi connectivity index (χ4v) is 8.46. The van der Waals surface area contributed by atoms with Crippen molar-refractivity contribution in [2.45, 2.75) is 94.2 Å². The molecule has 0 radical (unpaired) electrons. The summed E-state index contributed by atoms with van der Waals surface area (Å²) in [4.78, 5) is 40.4. The summed E-state index contributed by atoms with van der Waals surface area (Å²) >= 11 is 3.44. The zero-order chi connectivity index (χ0) is 38.5. The molecule has 2 aliphatic rings. The van der Waals surface area contributed by atoms with Gasteiger partial charge in [-0.2, -0.15) is 9.97 Å². The van der Waals surface area contributed by atoms with Gasteiger partial charge >= 0.3 is 0 Å². The van der Waals surface area contributed by atoms with E-state index < -0.39 is 0 Å². The van der Waals surface area contributed by atoms with Gasteiger partial charge in [-0.15, -0.1) is 22.7 Å². The van der Waals surface area contributed by atoms with E-state index in [1.165, 1.54) is 9.75 Å². The average Bonchev–Trinajstić information content (AvgIpc) is 4.07. The van der Waals surface area contributed by atoms with Crippen LogP contribution in [0, 0.1) is 53.4 Å². The number of anilines is 2. The number of nitrogens with one attached hydrogen (secondary N) is 1. The first kappa shape index (κ1) is 43.1. The Bertz CT molecular complexity index is 2200. The van der Waals surface area contributed by atoms with Gasteiger partial charge in [0, 0.05) is 76.4 Å². The molecular weight excluding hydrogens is 753 g/mol. The lowest BCUT2D eigenvalue weighted by Gasteiger charge is -2.18. The lowest BCUT2D eigenvalue weighted by Crippen LogP contribution is -2.18. The highest BCUT2D eigenvalue weighted by Gasteiger charge is 2.40. The molecule has 2 fully saturated rings. The molecular formula is C43H56N10O2S2. The molecule has 0 saturated heterocycles. The van der Waals surface area contributed by atoms with E-state index in [1.54, 1.807) is 22.7 Å². The first-order chi connectivity index (χ1) is 26.6. The van der Waals surface area contributed by atoms with E-state index in [9.17, 15) is 0 Å². The SMILES string of the molecule is C.C.Cc1nc(NCc2sc(C)nc2C)cc(OC[C@H]2C[C@@H]2c2ccccn2)n1.Cc1nc(OC[C@H]2C[C@@H]2c2ccccn2)cc(N(C)Cc2sc(C)nc2C)n1. The van der Waals surface area contributed by atoms with Gasteiger partial charge in [0.2, 0.25) is 11.8 Å². The van der Waals surface area contributed by atoms with E-state index in [-0.39, 0.29) is 14.9 Å². The van der Waals surface area contributed by atoms with Gasteiger partial charge in [-0.25, -0.2) is 19.9 Å². The number of aromatic nitrogens is 8. The van der Waals surface area contributed by atoms with Crippen LogP contribution in [0.3, 0.4) is 0 Å². The topological polar surface area (TPSA) is 137 Å². The molecule has 8 rings (SSSR count). The summed E-state index contributed by atoms with van der Waals surface area (Å²) in [5.41, 5.74) is 4.47. The van der Waals surface area contributed by atoms with E-state index in [1.807, 2.05) is 90.5 Å². The van der Waals surface area contributed by atoms with Gasteiger partial charge in [0.05, 0.1) is 47.7 Å². The Labute approximate surface area is 345 Å². The van der Waals surface area contributed by atoms with Crippen molar-refractivity contribution in [1.82, 2.24) is 39.9 Å². The number of hydrogen-bond acceptors (Lipinski definition) is 14. The maximum Gasteiger partial charge on any atom is 0.218 e. The van der Waals surface area contributed by atoms with Crippen molar-refractivity contribution in [3.05, 3.63) is 115 Å². The van der Waals surface area contributed by atoms with Crippen LogP contribution in [-0.2, 0) is 13.1 Å². The summed E-state index contributed by atoms with van der Waals surface area (Å²) in [6, 6.07) is 16.0. The lowest BCUT2D eigenvalue weighted by molar-refractivity contribution is 0.284. The van der Waals surface area contributed by atoms with Gasteiger partial charge < -0.3 is 19.7 Å². The highest BCUT2D eigenvalue weighted by molar-refractivity contribution is 7.12. The number of ether oxygens (including phenoxy) is 2. The van der Waals surface area contributed by atoms with Crippen LogP contribution in [0.5, 0.6) is 11.8 Å². The zero-order valence-corrected chi connectivity index (χ0v) is 34.1. The van der Waals surface area contributed by atoms with E-state index in [0.717, 1.165) is 63.8 Å². The first-order valence-corrected chi connectivity index (χ1v) is 20.3. The van der Waals surface area contributed by atoms with E-state index in [2.05, 4.69) is 69.1 Å². The summed E-state index contributed by atoms with van der Waals surface area (Å²) in [5.74, 6) is 6.34. The zero-order valence-electron chi connectivity index (χ0n) is 32.5. The van der Waals surface area contributed by atoms with E-state index in [4.69, 9.17) is 9.47 Å². The van der Waals surface area contributed by atoms with Crippen molar-refractivity contribution in [2.24, 2.45) is 11.8 Å². The fraction of sp³-hybridized carbons (Fsp3) is 0.442. The number of pyridine rings is 2. The quantitative estimate of drug-likeness (QED) is 0.112. The second kappa shape index (κ2) is 19.4. The number of thiazole rings is 2. The third-order valence-electron chi connectivity index (χ3n) is 9.69. The van der Waals surface area contributed by atoms with Crippen LogP contribution in [0.15, 0.2) is 60.9 Å². The molecule has 2 saturated carbocycles. The second-order valence-electron chi connectivity index (χ2n) is 14.3. The summed E-state index contributed by atoms with van der Waals surface area (Å²) in [7, 11) is 2.04. The molecule has 4 atom stereocenters. The van der Waals surface area contributed by atoms with Crippen molar-refractivity contribution in [3.63, 3.8) is 0 Å². The van der Waals surface area contributed by atoms with Crippen molar-refractivity contribution in [3.8, 4) is 11.8 Å². The molecule has 57 heavy (non-hydrogen) atoms. The van der Waals surface area contributed by atoms with Crippen molar-refractivity contribution in [1.29, 1.82) is 0 Å². The first-order valence-electron chi connectivity index (χ1n) is 18.7. The Morgan fingerprint density at radius 1 is 0.667 bits per heavy atom. The summed E-state index contributed by atoms with van der Waals surface area (Å²) in [5, 5.41) is 5.54. The minimum atomic E-state index is 0. The molecule has 2 aliphatic carbocycles. The predicted octanol–water partition coefficient (Wildman–Crippen LogP) is 9.39. The van der Waals surface area contributed by atoms with E-state index in [0.29, 0.717) is 66.8 Å². The van der Waals surface area contributed by atoms with Crippen LogP contribution < -0.4 is 19.7 Å². The minimum Gasteiger partial charge on any atom is -0.477 e. The number of hydrogen-bond donors (Lipinski definition) is 1. The van der Waals surface area contributed by atoms with Gasteiger partial charge in [-0.3, -0.25) is 9.97 Å². The van der Waals surface area contributed by atoms with Gasteiger partial charge in [-0.05, 0) is 78.6 Å². The molecule has 0 unspecified atom stereocenters. The van der Waals surface area contributed by atoms with Crippen LogP contribution in [-0.4, -0.2) is 60.1 Å². The molecule has 0 bridgehead atoms. The third kappa shape index (κ3) is 11.7. The van der Waals surface area contributed by atoms with Crippen LogP contribution in [0.2, 0.25) is 0 Å². The van der Waals surface area contributed by atoms with Crippen LogP contribution in [0.25, 0.3) is 0 Å². The molecule has 12 nitrogen and oxygen atoms in total. The van der Waals surface area contributed by atoms with E-state index >= 15 is 0 Å². The predicted molar refractivity (Wildman–Crippen MR) is 231 cm³/mol. The lowest BCUT2D eigenvalue weighted by atomic mass is 10.2. The van der Waals surface area contributed by atoms with Gasteiger partial charge in [0.1, 0.15) is 23.3 Å². The van der Waals surface area contributed by atoms with Crippen LogP contribution in [0.1, 0.15) is 93.7 Å². The summed E-state index contributed by atoms with van der Waals surface area (Å²) < 4.78 is 12.0. The Morgan fingerprint density at radius 3 is 1.70 bits per heavy atom. The highest BCUT2D eigenvalue weighted by Crippen LogP contribution is 2.47. The molecule has 0 aliphatic heterocycles. The van der Waals surface area contributed by atoms with Gasteiger partial charge in [-0.1, -0.05) is 27.0 Å². The highest BCUT2D eigenvalue weighted by atomic mass is 32.1. The van der Waals surface area contributed by atoms with Crippen molar-refractivity contribution in [2.75, 3.05) is 30.5 Å². The molecule has 1 N–H and O–H groups in total. The smallest absolute Gasteiger partial charge is 0.218 e. The Hall–Kier alpha value is -5.08. The Morgan fingerprint density at radius 2 is 1.19 bits per heavy atom. The maximum atomic E-state index is 6.02. The molecule has 6 aromatic heterocycles. The van der Waals surface area contributed by atoms with Gasteiger partial charge in [0.25, 0.3) is 0 Å². The number of rotatable bonds is 14. The van der Waals surface area contributed by atoms with Crippen LogP contribution >= 0.6 is 22.7 Å². The standard InChI is InChI=1S/C21H25N5OS.C20H23N5OS.2CH4/c1-13-19(28-15(3)23-13)11-26(4)20-10-21(25-14(2)24-20)27-12-16-9-17(16)18-7-5-6-8-22-18;1-12-18(27-14(3)23-12)10-22-19-9-20(25-13(2)24-19)26-11-15-8-16(15)17-6-4-5-7-21-17;;/h5-8,10,16-17H,9,11-12H2,1-4H3;4-7,9,15-16H,8,10-11H2,1-3H3,(H,22,24,25);2*1H4/t16-,17+;15-,16+;;/m11../s1. The molecule has 6 heterocycles. The summed E-state index contributed by atoms with van der Waals surface area (Å²) in [6.07, 6.45) is 5.95. The minimum absolute atomic E-state index is 0. The van der Waals surface area contributed by atoms with Crippen molar-refractivity contribution < 1.29 is 9.47 Å². The normalized spacial score (nSPS) is 17.6. The second-order valence-corrected chi connectivity index (χ2v) is 16.9. The monoisotopic (exact) mass is 808 g/mol.